The molecular formula is C12H20O. The van der Waals surface area contributed by atoms with Gasteiger partial charge in [0.2, 0.25) is 0 Å². The van der Waals surface area contributed by atoms with Crippen LogP contribution in [0.2, 0.25) is 0 Å². The smallest absolute Gasteiger partial charge is 0.115 e. The van der Waals surface area contributed by atoms with Gasteiger partial charge in [0.15, 0.2) is 0 Å². The predicted molar refractivity (Wildman–Crippen MR) is 56.6 cm³/mol. The summed E-state index contributed by atoms with van der Waals surface area (Å²) in [5.41, 5.74) is 1.30. The van der Waals surface area contributed by atoms with Gasteiger partial charge >= 0.3 is 0 Å². The summed E-state index contributed by atoms with van der Waals surface area (Å²) >= 11 is 0. The average molecular weight is 180 g/mol. The standard InChI is InChI=1S/C12H20O/c1-11(2,3)9-8-12(4,5)7-6-10(9)13/h6,8,13H,7H2,1-5H3. The van der Waals surface area contributed by atoms with Crippen molar-refractivity contribution in [2.24, 2.45) is 10.8 Å². The first-order valence-corrected chi connectivity index (χ1v) is 4.85. The molecule has 0 saturated heterocycles. The van der Waals surface area contributed by atoms with E-state index in [4.69, 9.17) is 0 Å². The Kier molecular flexibility index (Phi) is 2.31. The van der Waals surface area contributed by atoms with E-state index in [0.29, 0.717) is 5.76 Å². The molecular weight excluding hydrogens is 160 g/mol. The molecule has 0 spiro atoms. The van der Waals surface area contributed by atoms with Crippen molar-refractivity contribution in [2.75, 3.05) is 0 Å². The van der Waals surface area contributed by atoms with Crippen LogP contribution < -0.4 is 0 Å². The lowest BCUT2D eigenvalue weighted by molar-refractivity contribution is 0.347. The van der Waals surface area contributed by atoms with Crippen LogP contribution in [0.4, 0.5) is 0 Å². The van der Waals surface area contributed by atoms with Gasteiger partial charge in [-0.25, -0.2) is 0 Å². The highest BCUT2D eigenvalue weighted by Crippen LogP contribution is 2.39. The van der Waals surface area contributed by atoms with Crippen molar-refractivity contribution in [3.05, 3.63) is 23.5 Å². The summed E-state index contributed by atoms with van der Waals surface area (Å²) in [6.07, 6.45) is 5.06. The van der Waals surface area contributed by atoms with Crippen molar-refractivity contribution >= 4 is 0 Å². The molecule has 1 N–H and O–H groups in total. The predicted octanol–water partition coefficient (Wildman–Crippen LogP) is 3.83. The summed E-state index contributed by atoms with van der Waals surface area (Å²) in [7, 11) is 0. The van der Waals surface area contributed by atoms with E-state index in [1.165, 1.54) is 0 Å². The molecule has 0 aromatic heterocycles. The van der Waals surface area contributed by atoms with Gasteiger partial charge in [-0.2, -0.15) is 0 Å². The van der Waals surface area contributed by atoms with Gasteiger partial charge < -0.3 is 5.11 Å². The highest BCUT2D eigenvalue weighted by Gasteiger charge is 2.27. The van der Waals surface area contributed by atoms with Crippen LogP contribution in [0.25, 0.3) is 0 Å². The van der Waals surface area contributed by atoms with Crippen molar-refractivity contribution in [3.63, 3.8) is 0 Å². The molecule has 0 heterocycles. The molecule has 1 heteroatoms. The molecule has 1 aliphatic rings. The number of allylic oxidation sites excluding steroid dienone is 3. The number of hydrogen-bond donors (Lipinski definition) is 1. The molecule has 0 saturated carbocycles. The molecule has 74 valence electrons. The first-order valence-electron chi connectivity index (χ1n) is 4.85. The fourth-order valence-electron chi connectivity index (χ4n) is 1.59. The molecule has 1 nitrogen and oxygen atoms in total. The Labute approximate surface area is 81.2 Å². The molecule has 0 amide bonds. The Morgan fingerprint density at radius 2 is 1.85 bits per heavy atom. The maximum atomic E-state index is 9.73. The third-order valence-corrected chi connectivity index (χ3v) is 2.44. The molecule has 0 atom stereocenters. The van der Waals surface area contributed by atoms with Crippen LogP contribution in [-0.4, -0.2) is 5.11 Å². The molecule has 0 aromatic rings. The number of aliphatic hydroxyl groups excluding tert-OH is 1. The lowest BCUT2D eigenvalue weighted by Crippen LogP contribution is -2.20. The summed E-state index contributed by atoms with van der Waals surface area (Å²) in [6, 6.07) is 0. The number of rotatable bonds is 0. The Morgan fingerprint density at radius 3 is 2.23 bits per heavy atom. The van der Waals surface area contributed by atoms with Crippen LogP contribution in [0.3, 0.4) is 0 Å². The Balaban J connectivity index is 3.06. The Bertz CT molecular complexity index is 261. The summed E-state index contributed by atoms with van der Waals surface area (Å²) in [6.45, 7) is 10.8. The minimum Gasteiger partial charge on any atom is -0.508 e. The second-order valence-electron chi connectivity index (χ2n) is 5.59. The van der Waals surface area contributed by atoms with E-state index in [-0.39, 0.29) is 10.8 Å². The van der Waals surface area contributed by atoms with Crippen LogP contribution in [0.1, 0.15) is 41.0 Å². The fourth-order valence-corrected chi connectivity index (χ4v) is 1.59. The van der Waals surface area contributed by atoms with E-state index in [0.717, 1.165) is 12.0 Å². The van der Waals surface area contributed by atoms with Gasteiger partial charge in [-0.05, 0) is 28.9 Å². The maximum absolute atomic E-state index is 9.73. The summed E-state index contributed by atoms with van der Waals surface area (Å²) in [4.78, 5) is 0. The van der Waals surface area contributed by atoms with E-state index in [1.807, 2.05) is 6.08 Å². The van der Waals surface area contributed by atoms with Crippen LogP contribution in [0.5, 0.6) is 0 Å². The molecule has 0 fully saturated rings. The zero-order chi connectivity index (χ0) is 10.3. The minimum atomic E-state index is 0.0400. The monoisotopic (exact) mass is 180 g/mol. The first-order chi connectivity index (χ1) is 5.72. The minimum absolute atomic E-state index is 0.0400. The molecule has 1 rings (SSSR count). The zero-order valence-electron chi connectivity index (χ0n) is 9.31. The molecule has 1 aliphatic carbocycles. The van der Waals surface area contributed by atoms with E-state index in [1.54, 1.807) is 0 Å². The second kappa shape index (κ2) is 2.90. The third-order valence-electron chi connectivity index (χ3n) is 2.44. The lowest BCUT2D eigenvalue weighted by Gasteiger charge is -2.31. The first kappa shape index (κ1) is 10.4. The van der Waals surface area contributed by atoms with Crippen LogP contribution in [0.15, 0.2) is 23.5 Å². The van der Waals surface area contributed by atoms with Gasteiger partial charge in [0, 0.05) is 0 Å². The topological polar surface area (TPSA) is 20.2 Å². The molecule has 0 aromatic carbocycles. The van der Waals surface area contributed by atoms with Gasteiger partial charge in [0.1, 0.15) is 5.76 Å². The fraction of sp³-hybridized carbons (Fsp3) is 0.667. The quantitative estimate of drug-likeness (QED) is 0.600. The lowest BCUT2D eigenvalue weighted by atomic mass is 9.75. The molecule has 0 bridgehead atoms. The van der Waals surface area contributed by atoms with Gasteiger partial charge in [-0.1, -0.05) is 40.7 Å². The van der Waals surface area contributed by atoms with Crippen molar-refractivity contribution < 1.29 is 5.11 Å². The van der Waals surface area contributed by atoms with Crippen molar-refractivity contribution in [3.8, 4) is 0 Å². The van der Waals surface area contributed by atoms with E-state index >= 15 is 0 Å². The van der Waals surface area contributed by atoms with Crippen LogP contribution in [-0.2, 0) is 0 Å². The molecule has 0 aliphatic heterocycles. The molecule has 0 radical (unpaired) electrons. The summed E-state index contributed by atoms with van der Waals surface area (Å²) in [5.74, 6) is 0.465. The molecule has 0 unspecified atom stereocenters. The van der Waals surface area contributed by atoms with Crippen LogP contribution in [0, 0.1) is 10.8 Å². The van der Waals surface area contributed by atoms with E-state index < -0.39 is 0 Å². The highest BCUT2D eigenvalue weighted by molar-refractivity contribution is 5.35. The van der Waals surface area contributed by atoms with E-state index in [2.05, 4.69) is 40.7 Å². The third kappa shape index (κ3) is 2.36. The Hall–Kier alpha value is -0.720. The van der Waals surface area contributed by atoms with Gasteiger partial charge in [0.25, 0.3) is 0 Å². The van der Waals surface area contributed by atoms with Crippen molar-refractivity contribution in [2.45, 2.75) is 41.0 Å². The normalized spacial score (nSPS) is 22.2. The van der Waals surface area contributed by atoms with Crippen molar-refractivity contribution in [1.82, 2.24) is 0 Å². The Morgan fingerprint density at radius 1 is 1.31 bits per heavy atom. The van der Waals surface area contributed by atoms with Crippen molar-refractivity contribution in [1.29, 1.82) is 0 Å². The number of hydrogen-bond acceptors (Lipinski definition) is 1. The SMILES string of the molecule is CC1(C)C=C(C(C)(C)C)C(O)=CC1. The van der Waals surface area contributed by atoms with Gasteiger partial charge in [-0.15, -0.1) is 0 Å². The summed E-state index contributed by atoms with van der Waals surface area (Å²) < 4.78 is 0. The summed E-state index contributed by atoms with van der Waals surface area (Å²) in [5, 5.41) is 9.73. The van der Waals surface area contributed by atoms with Gasteiger partial charge in [0.05, 0.1) is 0 Å². The second-order valence-corrected chi connectivity index (χ2v) is 5.59. The van der Waals surface area contributed by atoms with E-state index in [9.17, 15) is 5.11 Å². The largest absolute Gasteiger partial charge is 0.508 e. The zero-order valence-corrected chi connectivity index (χ0v) is 9.31. The average Bonchev–Trinajstić information content (AvgIpc) is 1.92. The molecule has 13 heavy (non-hydrogen) atoms. The highest BCUT2D eigenvalue weighted by atomic mass is 16.3. The van der Waals surface area contributed by atoms with Gasteiger partial charge in [-0.3, -0.25) is 0 Å². The maximum Gasteiger partial charge on any atom is 0.115 e. The van der Waals surface area contributed by atoms with Crippen LogP contribution >= 0.6 is 0 Å². The number of aliphatic hydroxyl groups is 1.